The monoisotopic (exact) mass is 202 g/mol. The first-order chi connectivity index (χ1) is 7.14. The van der Waals surface area contributed by atoms with Crippen molar-refractivity contribution in [3.05, 3.63) is 42.0 Å². The van der Waals surface area contributed by atoms with Gasteiger partial charge in [-0.2, -0.15) is 0 Å². The highest BCUT2D eigenvalue weighted by Gasteiger charge is 2.34. The number of Topliss-reactive ketones (excluding diaryl/α,β-unsaturated/α-hetero) is 1. The van der Waals surface area contributed by atoms with E-state index in [2.05, 4.69) is 0 Å². The lowest BCUT2D eigenvalue weighted by Gasteiger charge is -2.17. The van der Waals surface area contributed by atoms with Gasteiger partial charge in [-0.1, -0.05) is 30.3 Å². The molecule has 0 saturated heterocycles. The minimum Gasteiger partial charge on any atom is -0.374 e. The van der Waals surface area contributed by atoms with Gasteiger partial charge in [0.25, 0.3) is 0 Å². The molecule has 1 aliphatic carbocycles. The summed E-state index contributed by atoms with van der Waals surface area (Å²) < 4.78 is 5.32. The number of rotatable bonds is 2. The van der Waals surface area contributed by atoms with Crippen molar-refractivity contribution in [3.63, 3.8) is 0 Å². The second kappa shape index (κ2) is 3.63. The van der Waals surface area contributed by atoms with Crippen molar-refractivity contribution < 1.29 is 9.53 Å². The molecule has 0 aliphatic heterocycles. The smallest absolute Gasteiger partial charge is 0.166 e. The van der Waals surface area contributed by atoms with E-state index in [4.69, 9.17) is 4.74 Å². The van der Waals surface area contributed by atoms with E-state index in [-0.39, 0.29) is 5.78 Å². The van der Waals surface area contributed by atoms with Crippen LogP contribution >= 0.6 is 0 Å². The summed E-state index contributed by atoms with van der Waals surface area (Å²) in [5.41, 5.74) is 1.32. The highest BCUT2D eigenvalue weighted by molar-refractivity contribution is 6.23. The fraction of sp³-hybridized carbons (Fsp3) is 0.308. The maximum absolute atomic E-state index is 11.8. The summed E-state index contributed by atoms with van der Waals surface area (Å²) in [5, 5.41) is 0. The quantitative estimate of drug-likeness (QED) is 0.736. The lowest BCUT2D eigenvalue weighted by atomic mass is 10.1. The van der Waals surface area contributed by atoms with Crippen LogP contribution in [0.2, 0.25) is 0 Å². The number of hydrogen-bond acceptors (Lipinski definition) is 2. The van der Waals surface area contributed by atoms with Crippen LogP contribution in [-0.4, -0.2) is 18.5 Å². The Hall–Kier alpha value is -1.41. The van der Waals surface area contributed by atoms with Gasteiger partial charge in [0.2, 0.25) is 0 Å². The first kappa shape index (κ1) is 10.1. The van der Waals surface area contributed by atoms with Crippen LogP contribution in [0.3, 0.4) is 0 Å². The van der Waals surface area contributed by atoms with Crippen molar-refractivity contribution in [2.75, 3.05) is 7.11 Å². The van der Waals surface area contributed by atoms with Gasteiger partial charge in [0.05, 0.1) is 5.60 Å². The Morgan fingerprint density at radius 3 is 2.47 bits per heavy atom. The van der Waals surface area contributed by atoms with Crippen molar-refractivity contribution in [2.45, 2.75) is 18.9 Å². The third-order valence-electron chi connectivity index (χ3n) is 2.81. The Kier molecular flexibility index (Phi) is 2.45. The van der Waals surface area contributed by atoms with Gasteiger partial charge in [-0.25, -0.2) is 0 Å². The van der Waals surface area contributed by atoms with Crippen LogP contribution in [0.25, 0.3) is 5.57 Å². The molecule has 1 atom stereocenters. The molecule has 1 aromatic carbocycles. The van der Waals surface area contributed by atoms with E-state index in [1.807, 2.05) is 43.3 Å². The van der Waals surface area contributed by atoms with E-state index in [1.165, 1.54) is 0 Å². The minimum atomic E-state index is -0.428. The Bertz CT molecular complexity index is 406. The number of benzene rings is 1. The van der Waals surface area contributed by atoms with Gasteiger partial charge in [-0.3, -0.25) is 4.79 Å². The van der Waals surface area contributed by atoms with Crippen LogP contribution in [0.5, 0.6) is 0 Å². The summed E-state index contributed by atoms with van der Waals surface area (Å²) in [6, 6.07) is 9.72. The molecule has 2 rings (SSSR count). The maximum Gasteiger partial charge on any atom is 0.166 e. The van der Waals surface area contributed by atoms with Crippen molar-refractivity contribution in [2.24, 2.45) is 0 Å². The first-order valence-electron chi connectivity index (χ1n) is 5.01. The molecule has 0 radical (unpaired) electrons. The van der Waals surface area contributed by atoms with Crippen LogP contribution in [0.15, 0.2) is 36.4 Å². The number of ketones is 1. The molecule has 0 spiro atoms. The van der Waals surface area contributed by atoms with E-state index in [0.717, 1.165) is 11.1 Å². The SMILES string of the molecule is COC1(C)C=C(c2ccccc2)C(=O)C1. The van der Waals surface area contributed by atoms with Crippen molar-refractivity contribution >= 4 is 11.4 Å². The lowest BCUT2D eigenvalue weighted by molar-refractivity contribution is -0.116. The molecule has 0 amide bonds. The van der Waals surface area contributed by atoms with Crippen LogP contribution in [0.1, 0.15) is 18.9 Å². The van der Waals surface area contributed by atoms with E-state index >= 15 is 0 Å². The summed E-state index contributed by atoms with van der Waals surface area (Å²) in [7, 11) is 1.64. The highest BCUT2D eigenvalue weighted by Crippen LogP contribution is 2.33. The number of ether oxygens (including phenoxy) is 1. The Labute approximate surface area is 89.6 Å². The summed E-state index contributed by atoms with van der Waals surface area (Å²) in [5.74, 6) is 0.158. The van der Waals surface area contributed by atoms with Crippen LogP contribution in [0, 0.1) is 0 Å². The Balaban J connectivity index is 2.39. The first-order valence-corrected chi connectivity index (χ1v) is 5.01. The maximum atomic E-state index is 11.8. The van der Waals surface area contributed by atoms with E-state index in [9.17, 15) is 4.79 Å². The molecule has 2 heteroatoms. The normalized spacial score (nSPS) is 25.5. The van der Waals surface area contributed by atoms with Gasteiger partial charge >= 0.3 is 0 Å². The molecule has 0 saturated carbocycles. The predicted octanol–water partition coefficient (Wildman–Crippen LogP) is 2.45. The standard InChI is InChI=1S/C13H14O2/c1-13(15-2)8-11(12(14)9-13)10-6-4-3-5-7-10/h3-8H,9H2,1-2H3. The Morgan fingerprint density at radius 1 is 1.27 bits per heavy atom. The van der Waals surface area contributed by atoms with Gasteiger partial charge in [0.1, 0.15) is 0 Å². The van der Waals surface area contributed by atoms with Gasteiger partial charge in [0.15, 0.2) is 5.78 Å². The second-order valence-electron chi connectivity index (χ2n) is 4.04. The fourth-order valence-electron chi connectivity index (χ4n) is 1.84. The number of carbonyl (C=O) groups excluding carboxylic acids is 1. The number of carbonyl (C=O) groups is 1. The molecule has 2 nitrogen and oxygen atoms in total. The summed E-state index contributed by atoms with van der Waals surface area (Å²) in [6.07, 6.45) is 2.36. The van der Waals surface area contributed by atoms with Gasteiger partial charge < -0.3 is 4.74 Å². The summed E-state index contributed by atoms with van der Waals surface area (Å²) >= 11 is 0. The molecule has 0 fully saturated rings. The molecule has 0 bridgehead atoms. The second-order valence-corrected chi connectivity index (χ2v) is 4.04. The van der Waals surface area contributed by atoms with Crippen LogP contribution in [0.4, 0.5) is 0 Å². The predicted molar refractivity (Wildman–Crippen MR) is 59.5 cm³/mol. The number of hydrogen-bond donors (Lipinski definition) is 0. The molecule has 0 aromatic heterocycles. The molecule has 0 heterocycles. The van der Waals surface area contributed by atoms with Gasteiger partial charge in [-0.15, -0.1) is 0 Å². The minimum absolute atomic E-state index is 0.158. The number of methoxy groups -OCH3 is 1. The van der Waals surface area contributed by atoms with E-state index in [1.54, 1.807) is 7.11 Å². The third-order valence-corrected chi connectivity index (χ3v) is 2.81. The zero-order valence-electron chi connectivity index (χ0n) is 8.99. The molecular weight excluding hydrogens is 188 g/mol. The van der Waals surface area contributed by atoms with Crippen LogP contribution < -0.4 is 0 Å². The van der Waals surface area contributed by atoms with E-state index < -0.39 is 5.60 Å². The summed E-state index contributed by atoms with van der Waals surface area (Å²) in [4.78, 5) is 11.8. The van der Waals surface area contributed by atoms with Crippen molar-refractivity contribution in [1.82, 2.24) is 0 Å². The zero-order valence-corrected chi connectivity index (χ0v) is 8.99. The average Bonchev–Trinajstić information content (AvgIpc) is 2.57. The molecule has 15 heavy (non-hydrogen) atoms. The Morgan fingerprint density at radius 2 is 1.93 bits per heavy atom. The molecule has 1 unspecified atom stereocenters. The average molecular weight is 202 g/mol. The van der Waals surface area contributed by atoms with Crippen molar-refractivity contribution in [3.8, 4) is 0 Å². The van der Waals surface area contributed by atoms with Gasteiger partial charge in [-0.05, 0) is 18.6 Å². The zero-order chi connectivity index (χ0) is 10.9. The summed E-state index contributed by atoms with van der Waals surface area (Å²) in [6.45, 7) is 1.93. The molecule has 0 N–H and O–H groups in total. The molecular formula is C13H14O2. The lowest BCUT2D eigenvalue weighted by Crippen LogP contribution is -2.22. The fourth-order valence-corrected chi connectivity index (χ4v) is 1.84. The van der Waals surface area contributed by atoms with Crippen molar-refractivity contribution in [1.29, 1.82) is 0 Å². The molecule has 1 aliphatic rings. The van der Waals surface area contributed by atoms with E-state index in [0.29, 0.717) is 6.42 Å². The topological polar surface area (TPSA) is 26.3 Å². The van der Waals surface area contributed by atoms with Gasteiger partial charge in [0, 0.05) is 19.1 Å². The largest absolute Gasteiger partial charge is 0.374 e. The third kappa shape index (κ3) is 1.85. The van der Waals surface area contributed by atoms with Crippen LogP contribution in [-0.2, 0) is 9.53 Å². The molecule has 78 valence electrons. The highest BCUT2D eigenvalue weighted by atomic mass is 16.5. The molecule has 1 aromatic rings. The number of allylic oxidation sites excluding steroid dienone is 1.